The van der Waals surface area contributed by atoms with Crippen molar-refractivity contribution in [1.82, 2.24) is 15.5 Å². The van der Waals surface area contributed by atoms with E-state index in [-0.39, 0.29) is 42.8 Å². The minimum absolute atomic E-state index is 0.0111. The number of nitrogens with zero attached hydrogens (tertiary/aromatic N) is 2. The Morgan fingerprint density at radius 2 is 1.81 bits per heavy atom. The average molecular weight is 673 g/mol. The molecule has 2 atom stereocenters. The number of halogens is 2. The third-order valence-electron chi connectivity index (χ3n) is 6.08. The van der Waals surface area contributed by atoms with Crippen LogP contribution in [0.25, 0.3) is 0 Å². The fourth-order valence-corrected chi connectivity index (χ4v) is 7.76. The largest absolute Gasteiger partial charge is 0.481 e. The maximum Gasteiger partial charge on any atom is 0.352 e. The van der Waals surface area contributed by atoms with Gasteiger partial charge in [-0.3, -0.25) is 24.1 Å². The summed E-state index contributed by atoms with van der Waals surface area (Å²) in [6, 6.07) is 7.66. The average Bonchev–Trinajstić information content (AvgIpc) is 2.95. The molecular weight excluding hydrogens is 647 g/mol. The molecule has 16 heteroatoms. The summed E-state index contributed by atoms with van der Waals surface area (Å²) in [6.07, 6.45) is 3.24. The number of thioether (sulfide) groups is 3. The Morgan fingerprint density at radius 1 is 1.07 bits per heavy atom. The van der Waals surface area contributed by atoms with E-state index in [1.54, 1.807) is 47.3 Å². The van der Waals surface area contributed by atoms with Crippen molar-refractivity contribution >= 4 is 88.1 Å². The first-order chi connectivity index (χ1) is 20.0. The predicted molar refractivity (Wildman–Crippen MR) is 159 cm³/mol. The van der Waals surface area contributed by atoms with E-state index in [1.807, 2.05) is 0 Å². The third-order valence-corrected chi connectivity index (χ3v) is 10.2. The number of β-lactam (4-membered cyclic amide) rings is 1. The number of fused-ring (bicyclic) bond motifs is 1. The number of nitrogens with one attached hydrogen (secondary N) is 2. The molecule has 2 aliphatic rings. The number of aliphatic carboxylic acids is 2. The van der Waals surface area contributed by atoms with Crippen LogP contribution in [0.1, 0.15) is 6.42 Å². The molecule has 2 aromatic rings. The number of carbonyl (C=O) groups is 5. The molecule has 1 fully saturated rings. The topological polar surface area (TPSA) is 157 Å². The van der Waals surface area contributed by atoms with Gasteiger partial charge in [0.25, 0.3) is 11.8 Å². The maximum absolute atomic E-state index is 12.9. The number of aromatic nitrogens is 1. The van der Waals surface area contributed by atoms with E-state index in [0.29, 0.717) is 32.0 Å². The number of pyridine rings is 1. The molecule has 11 nitrogen and oxygen atoms in total. The Kier molecular flexibility index (Phi) is 11.1. The monoisotopic (exact) mass is 671 g/mol. The van der Waals surface area contributed by atoms with E-state index in [1.165, 1.54) is 40.2 Å². The third kappa shape index (κ3) is 8.13. The van der Waals surface area contributed by atoms with E-state index in [4.69, 9.17) is 28.3 Å². The molecule has 0 radical (unpaired) electrons. The number of rotatable bonds is 13. The van der Waals surface area contributed by atoms with Crippen molar-refractivity contribution in [3.63, 3.8) is 0 Å². The van der Waals surface area contributed by atoms with Crippen molar-refractivity contribution in [2.24, 2.45) is 0 Å². The lowest BCUT2D eigenvalue weighted by molar-refractivity contribution is -0.684. The molecule has 0 saturated carbocycles. The molecule has 0 bridgehead atoms. The van der Waals surface area contributed by atoms with Crippen LogP contribution < -0.4 is 15.2 Å². The quantitative estimate of drug-likeness (QED) is 0.142. The molecule has 4 N–H and O–H groups in total. The second kappa shape index (κ2) is 14.5. The lowest BCUT2D eigenvalue weighted by atomic mass is 10.0. The number of amides is 3. The van der Waals surface area contributed by atoms with Crippen LogP contribution in [0.5, 0.6) is 0 Å². The smallest absolute Gasteiger partial charge is 0.352 e. The SMILES string of the molecule is O=C(O)CCNC(=O)C[n+]1ccc(SCC2=C(C(=O)O)N3C(=O)[C@H](NC(=O)CSc4cc(Cl)ccc4Cl)[C@H]3SC2)cc1. The minimum Gasteiger partial charge on any atom is -0.481 e. The first-order valence-corrected chi connectivity index (χ1v) is 16.2. The van der Waals surface area contributed by atoms with Gasteiger partial charge >= 0.3 is 11.9 Å². The number of carbonyl (C=O) groups excluding carboxylic acids is 3. The van der Waals surface area contributed by atoms with Gasteiger partial charge in [-0.2, -0.15) is 4.57 Å². The van der Waals surface area contributed by atoms with Crippen molar-refractivity contribution in [3.8, 4) is 0 Å². The molecule has 1 aromatic heterocycles. The Morgan fingerprint density at radius 3 is 2.50 bits per heavy atom. The maximum atomic E-state index is 12.9. The number of carboxylic acids is 2. The summed E-state index contributed by atoms with van der Waals surface area (Å²) in [5, 5.41) is 24.3. The highest BCUT2D eigenvalue weighted by Gasteiger charge is 2.54. The van der Waals surface area contributed by atoms with Crippen molar-refractivity contribution < 1.29 is 38.8 Å². The van der Waals surface area contributed by atoms with Crippen molar-refractivity contribution in [2.75, 3.05) is 23.8 Å². The van der Waals surface area contributed by atoms with Gasteiger partial charge in [0.2, 0.25) is 12.5 Å². The molecule has 3 amide bonds. The summed E-state index contributed by atoms with van der Waals surface area (Å²) in [5.41, 5.74) is 0.526. The summed E-state index contributed by atoms with van der Waals surface area (Å²) in [7, 11) is 0. The van der Waals surface area contributed by atoms with E-state index >= 15 is 0 Å². The van der Waals surface area contributed by atoms with Gasteiger partial charge in [-0.15, -0.1) is 35.3 Å². The highest BCUT2D eigenvalue weighted by atomic mass is 35.5. The summed E-state index contributed by atoms with van der Waals surface area (Å²) in [4.78, 5) is 62.9. The van der Waals surface area contributed by atoms with Crippen molar-refractivity contribution in [2.45, 2.75) is 34.2 Å². The van der Waals surface area contributed by atoms with E-state index < -0.39 is 29.3 Å². The number of hydrogen-bond donors (Lipinski definition) is 4. The van der Waals surface area contributed by atoms with Crippen LogP contribution in [-0.4, -0.2) is 80.0 Å². The van der Waals surface area contributed by atoms with Crippen LogP contribution in [0.3, 0.4) is 0 Å². The lowest BCUT2D eigenvalue weighted by Gasteiger charge is -2.49. The second-order valence-electron chi connectivity index (χ2n) is 9.06. The zero-order valence-corrected chi connectivity index (χ0v) is 25.7. The van der Waals surface area contributed by atoms with E-state index in [0.717, 1.165) is 4.90 Å². The standard InChI is InChI=1S/C26H24Cl2N4O7S3/c27-15-1-2-17(28)18(9-15)41-13-20(34)30-22-24(37)32-23(26(38)39)14(12-42-25(22)32)11-40-16-4-7-31(8-5-16)10-19(33)29-6-3-21(35)36/h1-2,4-5,7-9,22,25H,3,6,10-13H2,(H3-,29,30,33,34,35,36,38,39)/p+1/t22-,25+/m0/s1. The Labute approximate surface area is 263 Å². The van der Waals surface area contributed by atoms with Gasteiger partial charge in [-0.1, -0.05) is 23.2 Å². The molecule has 0 aliphatic carbocycles. The Hall–Kier alpha value is -2.91. The van der Waals surface area contributed by atoms with Crippen LogP contribution in [0, 0.1) is 0 Å². The summed E-state index contributed by atoms with van der Waals surface area (Å²) < 4.78 is 1.64. The van der Waals surface area contributed by atoms with Gasteiger partial charge in [0.15, 0.2) is 12.4 Å². The van der Waals surface area contributed by atoms with E-state index in [9.17, 15) is 29.1 Å². The Balaban J connectivity index is 1.31. The van der Waals surface area contributed by atoms with Crippen LogP contribution in [0.15, 0.2) is 63.8 Å². The molecule has 4 rings (SSSR count). The lowest BCUT2D eigenvalue weighted by Crippen LogP contribution is -2.70. The van der Waals surface area contributed by atoms with Gasteiger partial charge in [0, 0.05) is 45.0 Å². The second-order valence-corrected chi connectivity index (χ2v) is 13.1. The van der Waals surface area contributed by atoms with Crippen LogP contribution in [-0.2, 0) is 30.5 Å². The molecule has 0 unspecified atom stereocenters. The van der Waals surface area contributed by atoms with E-state index in [2.05, 4.69) is 10.6 Å². The first-order valence-electron chi connectivity index (χ1n) is 12.4. The van der Waals surface area contributed by atoms with Gasteiger partial charge < -0.3 is 20.8 Å². The van der Waals surface area contributed by atoms with Crippen molar-refractivity contribution in [3.05, 3.63) is 64.0 Å². The first kappa shape index (κ1) is 32.0. The molecule has 1 saturated heterocycles. The molecule has 0 spiro atoms. The molecule has 1 aromatic carbocycles. The van der Waals surface area contributed by atoms with Gasteiger partial charge in [-0.05, 0) is 23.8 Å². The molecule has 3 heterocycles. The zero-order valence-electron chi connectivity index (χ0n) is 21.7. The zero-order chi connectivity index (χ0) is 30.4. The number of benzene rings is 1. The van der Waals surface area contributed by atoms with Crippen LogP contribution in [0.4, 0.5) is 0 Å². The fraction of sp³-hybridized carbons (Fsp3) is 0.308. The van der Waals surface area contributed by atoms with Gasteiger partial charge in [0.1, 0.15) is 17.1 Å². The van der Waals surface area contributed by atoms with Gasteiger partial charge in [-0.25, -0.2) is 4.79 Å². The minimum atomic E-state index is -1.21. The van der Waals surface area contributed by atoms with Gasteiger partial charge in [0.05, 0.1) is 17.2 Å². The summed E-state index contributed by atoms with van der Waals surface area (Å²) >= 11 is 16.1. The predicted octanol–water partition coefficient (Wildman–Crippen LogP) is 2.49. The highest BCUT2D eigenvalue weighted by Crippen LogP contribution is 2.41. The van der Waals surface area contributed by atoms with Crippen LogP contribution in [0.2, 0.25) is 10.0 Å². The molecule has 2 aliphatic heterocycles. The molecule has 222 valence electrons. The summed E-state index contributed by atoms with van der Waals surface area (Å²) in [5.74, 6) is -2.65. The summed E-state index contributed by atoms with van der Waals surface area (Å²) in [6.45, 7) is 0.0757. The van der Waals surface area contributed by atoms with Crippen molar-refractivity contribution in [1.29, 1.82) is 0 Å². The Bertz CT molecular complexity index is 1440. The number of hydrogen-bond acceptors (Lipinski definition) is 8. The normalized spacial score (nSPS) is 17.8. The number of carboxylic acid groups (broad SMARTS) is 2. The highest BCUT2D eigenvalue weighted by molar-refractivity contribution is 8.01. The molecule has 42 heavy (non-hydrogen) atoms. The van der Waals surface area contributed by atoms with Crippen LogP contribution >= 0.6 is 58.5 Å². The fourth-order valence-electron chi connectivity index (χ4n) is 4.09. The molecular formula is C26H25Cl2N4O7S3+.